The van der Waals surface area contributed by atoms with E-state index in [4.69, 9.17) is 15.3 Å². The van der Waals surface area contributed by atoms with Crippen molar-refractivity contribution in [1.82, 2.24) is 10.2 Å². The Hall–Kier alpha value is -2.90. The Kier molecular flexibility index (Phi) is 3.42. The molecule has 2 rings (SSSR count). The highest BCUT2D eigenvalue weighted by molar-refractivity contribution is 5.90. The van der Waals surface area contributed by atoms with Crippen LogP contribution in [0.4, 0.5) is 5.82 Å². The average molecular weight is 262 g/mol. The standard InChI is InChI=1S/C11H10N4O4/c12-10(16)7-2-4-9(15-14-7)13-5-6-1-3-8(19-6)11(17)18/h1-4H,5H2,(H2,12,16)(H,13,15)(H,17,18). The number of aromatic nitrogens is 2. The van der Waals surface area contributed by atoms with Gasteiger partial charge in [-0.25, -0.2) is 4.79 Å². The zero-order valence-corrected chi connectivity index (χ0v) is 9.66. The predicted molar refractivity (Wildman–Crippen MR) is 63.5 cm³/mol. The van der Waals surface area contributed by atoms with Crippen LogP contribution in [0.2, 0.25) is 0 Å². The van der Waals surface area contributed by atoms with Crippen molar-refractivity contribution in [2.75, 3.05) is 5.32 Å². The van der Waals surface area contributed by atoms with Crippen LogP contribution in [-0.2, 0) is 6.54 Å². The van der Waals surface area contributed by atoms with Gasteiger partial charge in [0.2, 0.25) is 5.76 Å². The summed E-state index contributed by atoms with van der Waals surface area (Å²) < 4.78 is 5.04. The van der Waals surface area contributed by atoms with Gasteiger partial charge >= 0.3 is 5.97 Å². The molecule has 1 amide bonds. The molecule has 2 heterocycles. The van der Waals surface area contributed by atoms with Crippen molar-refractivity contribution >= 4 is 17.7 Å². The zero-order chi connectivity index (χ0) is 13.8. The third-order valence-electron chi connectivity index (χ3n) is 2.23. The molecule has 2 aromatic heterocycles. The number of nitrogens with one attached hydrogen (secondary N) is 1. The normalized spacial score (nSPS) is 10.1. The van der Waals surface area contributed by atoms with E-state index in [1.165, 1.54) is 18.2 Å². The van der Waals surface area contributed by atoms with Crippen LogP contribution in [0.1, 0.15) is 26.8 Å². The van der Waals surface area contributed by atoms with E-state index in [-0.39, 0.29) is 18.0 Å². The molecule has 0 aliphatic carbocycles. The highest BCUT2D eigenvalue weighted by Crippen LogP contribution is 2.10. The fourth-order valence-electron chi connectivity index (χ4n) is 1.32. The van der Waals surface area contributed by atoms with Gasteiger partial charge in [-0.1, -0.05) is 0 Å². The number of carboxylic acid groups (broad SMARTS) is 1. The minimum Gasteiger partial charge on any atom is -0.475 e. The van der Waals surface area contributed by atoms with E-state index in [0.717, 1.165) is 0 Å². The summed E-state index contributed by atoms with van der Waals surface area (Å²) in [5.74, 6) is -1.06. The Morgan fingerprint density at radius 1 is 1.26 bits per heavy atom. The first-order chi connectivity index (χ1) is 9.06. The van der Waals surface area contributed by atoms with E-state index in [2.05, 4.69) is 15.5 Å². The summed E-state index contributed by atoms with van der Waals surface area (Å²) in [5.41, 5.74) is 5.09. The highest BCUT2D eigenvalue weighted by Gasteiger charge is 2.09. The predicted octanol–water partition coefficient (Wildman–Crippen LogP) is 0.479. The first-order valence-corrected chi connectivity index (χ1v) is 5.25. The fourth-order valence-corrected chi connectivity index (χ4v) is 1.32. The lowest BCUT2D eigenvalue weighted by Crippen LogP contribution is -2.14. The number of nitrogens with zero attached hydrogens (tertiary/aromatic N) is 2. The van der Waals surface area contributed by atoms with E-state index in [0.29, 0.717) is 11.6 Å². The number of aromatic carboxylic acids is 1. The number of anilines is 1. The van der Waals surface area contributed by atoms with Gasteiger partial charge in [0.25, 0.3) is 5.91 Å². The van der Waals surface area contributed by atoms with Crippen molar-refractivity contribution in [2.24, 2.45) is 5.73 Å². The van der Waals surface area contributed by atoms with E-state index in [1.807, 2.05) is 0 Å². The van der Waals surface area contributed by atoms with E-state index < -0.39 is 11.9 Å². The lowest BCUT2D eigenvalue weighted by atomic mass is 10.3. The quantitative estimate of drug-likeness (QED) is 0.713. The highest BCUT2D eigenvalue weighted by atomic mass is 16.4. The first-order valence-electron chi connectivity index (χ1n) is 5.25. The number of carbonyl (C=O) groups excluding carboxylic acids is 1. The van der Waals surface area contributed by atoms with E-state index in [1.54, 1.807) is 6.07 Å². The number of carboxylic acids is 1. The number of hydrogen-bond donors (Lipinski definition) is 3. The molecule has 2 aromatic rings. The number of rotatable bonds is 5. The minimum atomic E-state index is -1.13. The van der Waals surface area contributed by atoms with Crippen molar-refractivity contribution in [3.05, 3.63) is 41.5 Å². The zero-order valence-electron chi connectivity index (χ0n) is 9.66. The molecule has 0 atom stereocenters. The smallest absolute Gasteiger partial charge is 0.371 e. The second-order valence-corrected chi connectivity index (χ2v) is 3.59. The summed E-state index contributed by atoms with van der Waals surface area (Å²) >= 11 is 0. The van der Waals surface area contributed by atoms with Crippen LogP contribution in [0.5, 0.6) is 0 Å². The molecule has 0 unspecified atom stereocenters. The van der Waals surface area contributed by atoms with Gasteiger partial charge in [0.1, 0.15) is 11.6 Å². The SMILES string of the molecule is NC(=O)c1ccc(NCc2ccc(C(=O)O)o2)nn1. The van der Waals surface area contributed by atoms with Crippen LogP contribution in [0.25, 0.3) is 0 Å². The third-order valence-corrected chi connectivity index (χ3v) is 2.23. The Morgan fingerprint density at radius 2 is 2.05 bits per heavy atom. The molecule has 8 heteroatoms. The molecule has 4 N–H and O–H groups in total. The van der Waals surface area contributed by atoms with Crippen molar-refractivity contribution in [3.63, 3.8) is 0 Å². The van der Waals surface area contributed by atoms with Gasteiger partial charge in [-0.2, -0.15) is 0 Å². The number of furan rings is 1. The second-order valence-electron chi connectivity index (χ2n) is 3.59. The fraction of sp³-hybridized carbons (Fsp3) is 0.0909. The topological polar surface area (TPSA) is 131 Å². The molecule has 0 spiro atoms. The molecule has 0 fully saturated rings. The first kappa shape index (κ1) is 12.6. The number of hydrogen-bond acceptors (Lipinski definition) is 6. The van der Waals surface area contributed by atoms with Crippen molar-refractivity contribution in [3.8, 4) is 0 Å². The van der Waals surface area contributed by atoms with Gasteiger partial charge in [0.15, 0.2) is 5.69 Å². The van der Waals surface area contributed by atoms with Crippen LogP contribution in [0.15, 0.2) is 28.7 Å². The van der Waals surface area contributed by atoms with Crippen LogP contribution in [-0.4, -0.2) is 27.2 Å². The Balaban J connectivity index is 1.97. The molecule has 0 aliphatic rings. The molecular formula is C11H10N4O4. The number of primary amides is 1. The maximum atomic E-state index is 10.8. The molecule has 19 heavy (non-hydrogen) atoms. The lowest BCUT2D eigenvalue weighted by Gasteiger charge is -2.02. The van der Waals surface area contributed by atoms with Gasteiger partial charge in [0, 0.05) is 0 Å². The molecular weight excluding hydrogens is 252 g/mol. The Morgan fingerprint density at radius 3 is 2.58 bits per heavy atom. The van der Waals surface area contributed by atoms with Crippen LogP contribution >= 0.6 is 0 Å². The lowest BCUT2D eigenvalue weighted by molar-refractivity contribution is 0.0660. The molecule has 0 bridgehead atoms. The van der Waals surface area contributed by atoms with Crippen molar-refractivity contribution in [2.45, 2.75) is 6.54 Å². The molecule has 98 valence electrons. The summed E-state index contributed by atoms with van der Waals surface area (Å²) in [7, 11) is 0. The summed E-state index contributed by atoms with van der Waals surface area (Å²) in [6, 6.07) is 5.87. The average Bonchev–Trinajstić information content (AvgIpc) is 2.86. The molecule has 0 saturated carbocycles. The molecule has 8 nitrogen and oxygen atoms in total. The van der Waals surface area contributed by atoms with Gasteiger partial charge < -0.3 is 20.6 Å². The van der Waals surface area contributed by atoms with E-state index >= 15 is 0 Å². The van der Waals surface area contributed by atoms with Gasteiger partial charge in [-0.3, -0.25) is 4.79 Å². The van der Waals surface area contributed by atoms with Gasteiger partial charge in [-0.15, -0.1) is 10.2 Å². The van der Waals surface area contributed by atoms with Crippen LogP contribution in [0.3, 0.4) is 0 Å². The summed E-state index contributed by atoms with van der Waals surface area (Å²) in [5, 5.41) is 18.9. The van der Waals surface area contributed by atoms with Crippen molar-refractivity contribution < 1.29 is 19.1 Å². The summed E-state index contributed by atoms with van der Waals surface area (Å²) in [4.78, 5) is 21.4. The maximum Gasteiger partial charge on any atom is 0.371 e. The van der Waals surface area contributed by atoms with Crippen LogP contribution < -0.4 is 11.1 Å². The third kappa shape index (κ3) is 3.06. The minimum absolute atomic E-state index is 0.0664. The van der Waals surface area contributed by atoms with Gasteiger partial charge in [0.05, 0.1) is 6.54 Å². The molecule has 0 saturated heterocycles. The van der Waals surface area contributed by atoms with Gasteiger partial charge in [-0.05, 0) is 24.3 Å². The second kappa shape index (κ2) is 5.17. The monoisotopic (exact) mass is 262 g/mol. The number of carbonyl (C=O) groups is 2. The van der Waals surface area contributed by atoms with Crippen molar-refractivity contribution in [1.29, 1.82) is 0 Å². The summed E-state index contributed by atoms with van der Waals surface area (Å²) in [6.07, 6.45) is 0. The molecule has 0 aromatic carbocycles. The Labute approximate surface area is 107 Å². The molecule has 0 radical (unpaired) electrons. The van der Waals surface area contributed by atoms with Crippen LogP contribution in [0, 0.1) is 0 Å². The maximum absolute atomic E-state index is 10.8. The summed E-state index contributed by atoms with van der Waals surface area (Å²) in [6.45, 7) is 0.248. The Bertz CT molecular complexity index is 605. The number of nitrogens with two attached hydrogens (primary N) is 1. The van der Waals surface area contributed by atoms with E-state index in [9.17, 15) is 9.59 Å². The largest absolute Gasteiger partial charge is 0.475 e. The number of amides is 1. The molecule has 0 aliphatic heterocycles.